The summed E-state index contributed by atoms with van der Waals surface area (Å²) in [4.78, 5) is 10.9. The van der Waals surface area contributed by atoms with E-state index in [-0.39, 0.29) is 13.2 Å². The number of rotatable bonds is 4. The van der Waals surface area contributed by atoms with E-state index in [2.05, 4.69) is 10.1 Å². The summed E-state index contributed by atoms with van der Waals surface area (Å²) in [5.74, 6) is -2.32. The number of anilines is 1. The molecule has 5 heteroatoms. The van der Waals surface area contributed by atoms with Crippen molar-refractivity contribution in [1.82, 2.24) is 0 Å². The Labute approximate surface area is 86.0 Å². The summed E-state index contributed by atoms with van der Waals surface area (Å²) in [7, 11) is 0. The maximum Gasteiger partial charge on any atom is 0.325 e. The fourth-order valence-electron chi connectivity index (χ4n) is 0.992. The van der Waals surface area contributed by atoms with E-state index in [1.807, 2.05) is 0 Å². The largest absolute Gasteiger partial charge is 0.465 e. The van der Waals surface area contributed by atoms with E-state index in [0.717, 1.165) is 12.1 Å². The molecule has 0 saturated heterocycles. The maximum atomic E-state index is 12.7. The van der Waals surface area contributed by atoms with Gasteiger partial charge in [-0.2, -0.15) is 0 Å². The van der Waals surface area contributed by atoms with E-state index < -0.39 is 17.6 Å². The van der Waals surface area contributed by atoms with Gasteiger partial charge in [0.25, 0.3) is 0 Å². The topological polar surface area (TPSA) is 38.3 Å². The molecular weight excluding hydrogens is 204 g/mol. The van der Waals surface area contributed by atoms with Gasteiger partial charge in [-0.25, -0.2) is 8.78 Å². The van der Waals surface area contributed by atoms with Crippen LogP contribution >= 0.6 is 0 Å². The Morgan fingerprint density at radius 1 is 1.40 bits per heavy atom. The summed E-state index contributed by atoms with van der Waals surface area (Å²) in [5.41, 5.74) is 0.335. The third-order valence-corrected chi connectivity index (χ3v) is 1.66. The molecule has 1 aromatic rings. The molecule has 0 radical (unpaired) electrons. The van der Waals surface area contributed by atoms with Gasteiger partial charge in [0.15, 0.2) is 11.6 Å². The van der Waals surface area contributed by atoms with Crippen molar-refractivity contribution in [2.75, 3.05) is 18.5 Å². The molecule has 0 saturated carbocycles. The van der Waals surface area contributed by atoms with Crippen LogP contribution in [0.3, 0.4) is 0 Å². The molecule has 0 spiro atoms. The highest BCUT2D eigenvalue weighted by molar-refractivity contribution is 5.74. The SMILES string of the molecule is CCOC(=O)CNc1ccc(F)c(F)c1. The van der Waals surface area contributed by atoms with E-state index in [4.69, 9.17) is 0 Å². The number of benzene rings is 1. The zero-order valence-electron chi connectivity index (χ0n) is 8.22. The first-order chi connectivity index (χ1) is 7.13. The molecule has 0 atom stereocenters. The van der Waals surface area contributed by atoms with Crippen LogP contribution in [0.5, 0.6) is 0 Å². The first-order valence-corrected chi connectivity index (χ1v) is 4.48. The second kappa shape index (κ2) is 5.29. The highest BCUT2D eigenvalue weighted by Crippen LogP contribution is 2.12. The first-order valence-electron chi connectivity index (χ1n) is 4.48. The lowest BCUT2D eigenvalue weighted by atomic mass is 10.3. The predicted molar refractivity (Wildman–Crippen MR) is 51.5 cm³/mol. The average molecular weight is 215 g/mol. The second-order valence-corrected chi connectivity index (χ2v) is 2.79. The van der Waals surface area contributed by atoms with Gasteiger partial charge in [0.2, 0.25) is 0 Å². The molecule has 0 heterocycles. The molecule has 82 valence electrons. The van der Waals surface area contributed by atoms with Crippen molar-refractivity contribution in [3.05, 3.63) is 29.8 Å². The Morgan fingerprint density at radius 3 is 2.73 bits per heavy atom. The minimum atomic E-state index is -0.955. The summed E-state index contributed by atoms with van der Waals surface area (Å²) < 4.78 is 29.9. The molecular formula is C10H11F2NO2. The predicted octanol–water partition coefficient (Wildman–Crippen LogP) is 1.94. The standard InChI is InChI=1S/C10H11F2NO2/c1-2-15-10(14)6-13-7-3-4-8(11)9(12)5-7/h3-5,13H,2,6H2,1H3. The normalized spacial score (nSPS) is 9.80. The van der Waals surface area contributed by atoms with Crippen molar-refractivity contribution < 1.29 is 18.3 Å². The molecule has 0 aliphatic rings. The fourth-order valence-corrected chi connectivity index (χ4v) is 0.992. The quantitative estimate of drug-likeness (QED) is 0.780. The van der Waals surface area contributed by atoms with E-state index >= 15 is 0 Å². The van der Waals surface area contributed by atoms with Gasteiger partial charge in [-0.05, 0) is 19.1 Å². The van der Waals surface area contributed by atoms with E-state index in [0.29, 0.717) is 5.69 Å². The number of esters is 1. The highest BCUT2D eigenvalue weighted by Gasteiger charge is 2.04. The van der Waals surface area contributed by atoms with Gasteiger partial charge >= 0.3 is 5.97 Å². The van der Waals surface area contributed by atoms with Gasteiger partial charge in [0, 0.05) is 11.8 Å². The second-order valence-electron chi connectivity index (χ2n) is 2.79. The van der Waals surface area contributed by atoms with E-state index in [9.17, 15) is 13.6 Å². The van der Waals surface area contributed by atoms with Crippen LogP contribution in [0.1, 0.15) is 6.92 Å². The molecule has 0 amide bonds. The Hall–Kier alpha value is -1.65. The van der Waals surface area contributed by atoms with Gasteiger partial charge in [-0.15, -0.1) is 0 Å². The Kier molecular flexibility index (Phi) is 4.03. The molecule has 15 heavy (non-hydrogen) atoms. The molecule has 0 aliphatic carbocycles. The van der Waals surface area contributed by atoms with Crippen LogP contribution in [0, 0.1) is 11.6 Å². The smallest absolute Gasteiger partial charge is 0.325 e. The van der Waals surface area contributed by atoms with E-state index in [1.54, 1.807) is 6.92 Å². The summed E-state index contributed by atoms with van der Waals surface area (Å²) in [6.45, 7) is 1.91. The molecule has 0 unspecified atom stereocenters. The fraction of sp³-hybridized carbons (Fsp3) is 0.300. The Bertz CT molecular complexity index is 355. The number of nitrogens with one attached hydrogen (secondary N) is 1. The zero-order chi connectivity index (χ0) is 11.3. The Balaban J connectivity index is 2.51. The third kappa shape index (κ3) is 3.53. The lowest BCUT2D eigenvalue weighted by Gasteiger charge is -2.05. The molecule has 0 bridgehead atoms. The lowest BCUT2D eigenvalue weighted by molar-refractivity contribution is -0.140. The van der Waals surface area contributed by atoms with Gasteiger partial charge in [-0.1, -0.05) is 0 Å². The third-order valence-electron chi connectivity index (χ3n) is 1.66. The van der Waals surface area contributed by atoms with Crippen LogP contribution in [0.25, 0.3) is 0 Å². The summed E-state index contributed by atoms with van der Waals surface area (Å²) in [6.07, 6.45) is 0. The van der Waals surface area contributed by atoms with Crippen molar-refractivity contribution in [2.45, 2.75) is 6.92 Å². The van der Waals surface area contributed by atoms with Crippen molar-refractivity contribution >= 4 is 11.7 Å². The van der Waals surface area contributed by atoms with Crippen LogP contribution in [-0.2, 0) is 9.53 Å². The highest BCUT2D eigenvalue weighted by atomic mass is 19.2. The summed E-state index contributed by atoms with van der Waals surface area (Å²) in [6, 6.07) is 3.31. The minimum absolute atomic E-state index is 0.0705. The number of hydrogen-bond donors (Lipinski definition) is 1. The van der Waals surface area contributed by atoms with Crippen LogP contribution in [-0.4, -0.2) is 19.1 Å². The molecule has 0 aliphatic heterocycles. The van der Waals surface area contributed by atoms with Crippen LogP contribution in [0.4, 0.5) is 14.5 Å². The first kappa shape index (κ1) is 11.4. The van der Waals surface area contributed by atoms with Crippen LogP contribution < -0.4 is 5.32 Å². The van der Waals surface area contributed by atoms with Gasteiger partial charge in [0.1, 0.15) is 6.54 Å². The van der Waals surface area contributed by atoms with Gasteiger partial charge in [0.05, 0.1) is 6.61 Å². The van der Waals surface area contributed by atoms with Crippen LogP contribution in [0.15, 0.2) is 18.2 Å². The number of carbonyl (C=O) groups is 1. The molecule has 1 N–H and O–H groups in total. The van der Waals surface area contributed by atoms with Gasteiger partial charge < -0.3 is 10.1 Å². The molecule has 1 aromatic carbocycles. The van der Waals surface area contributed by atoms with Crippen molar-refractivity contribution in [3.63, 3.8) is 0 Å². The van der Waals surface area contributed by atoms with Crippen molar-refractivity contribution in [2.24, 2.45) is 0 Å². The van der Waals surface area contributed by atoms with Crippen LogP contribution in [0.2, 0.25) is 0 Å². The molecule has 1 rings (SSSR count). The number of hydrogen-bond acceptors (Lipinski definition) is 3. The summed E-state index contributed by atoms with van der Waals surface area (Å²) in [5, 5.41) is 2.62. The van der Waals surface area contributed by atoms with Crippen molar-refractivity contribution in [3.8, 4) is 0 Å². The maximum absolute atomic E-state index is 12.7. The number of ether oxygens (including phenoxy) is 1. The molecule has 0 aromatic heterocycles. The summed E-state index contributed by atoms with van der Waals surface area (Å²) >= 11 is 0. The van der Waals surface area contributed by atoms with Gasteiger partial charge in [-0.3, -0.25) is 4.79 Å². The minimum Gasteiger partial charge on any atom is -0.465 e. The molecule has 0 fully saturated rings. The number of halogens is 2. The monoisotopic (exact) mass is 215 g/mol. The Morgan fingerprint density at radius 2 is 2.13 bits per heavy atom. The molecule has 3 nitrogen and oxygen atoms in total. The van der Waals surface area contributed by atoms with E-state index in [1.165, 1.54) is 6.07 Å². The number of carbonyl (C=O) groups excluding carboxylic acids is 1. The average Bonchev–Trinajstić information content (AvgIpc) is 2.20. The zero-order valence-corrected chi connectivity index (χ0v) is 8.22. The lowest BCUT2D eigenvalue weighted by Crippen LogP contribution is -2.16. The van der Waals surface area contributed by atoms with Crippen molar-refractivity contribution in [1.29, 1.82) is 0 Å².